The normalized spacial score (nSPS) is 11.3. The van der Waals surface area contributed by atoms with E-state index in [1.54, 1.807) is 0 Å². The molecule has 0 bridgehead atoms. The van der Waals surface area contributed by atoms with E-state index >= 15 is 0 Å². The average Bonchev–Trinajstić information content (AvgIpc) is 2.48. The first-order chi connectivity index (χ1) is 6.20. The molecule has 13 heavy (non-hydrogen) atoms. The molecule has 0 atom stereocenters. The number of nitrogens with zero attached hydrogens (tertiary/aromatic N) is 3. The van der Waals surface area contributed by atoms with Crippen LogP contribution in [0.3, 0.4) is 0 Å². The van der Waals surface area contributed by atoms with Crippen LogP contribution in [0.1, 0.15) is 25.5 Å². The Bertz CT molecular complexity index is 435. The van der Waals surface area contributed by atoms with Crippen molar-refractivity contribution in [2.24, 2.45) is 0 Å². The molecule has 0 aliphatic heterocycles. The molecule has 68 valence electrons. The molecule has 2 rings (SSSR count). The van der Waals surface area contributed by atoms with Gasteiger partial charge in [0.15, 0.2) is 0 Å². The molecule has 0 aliphatic rings. The first kappa shape index (κ1) is 8.37. The van der Waals surface area contributed by atoms with E-state index in [1.807, 2.05) is 0 Å². The number of aromatic nitrogens is 3. The summed E-state index contributed by atoms with van der Waals surface area (Å²) in [5.74, 6) is 0.900. The Morgan fingerprint density at radius 3 is 2.85 bits per heavy atom. The van der Waals surface area contributed by atoms with Crippen LogP contribution in [-0.2, 0) is 0 Å². The van der Waals surface area contributed by atoms with Gasteiger partial charge in [0.25, 0.3) is 0 Å². The van der Waals surface area contributed by atoms with Crippen LogP contribution in [-0.4, -0.2) is 14.3 Å². The van der Waals surface area contributed by atoms with Crippen LogP contribution >= 0.6 is 11.5 Å². The third-order valence-corrected chi connectivity index (χ3v) is 2.73. The second-order valence-corrected chi connectivity index (χ2v) is 3.93. The third-order valence-electron chi connectivity index (χ3n) is 1.86. The summed E-state index contributed by atoms with van der Waals surface area (Å²) >= 11 is 1.37. The zero-order valence-corrected chi connectivity index (χ0v) is 8.30. The van der Waals surface area contributed by atoms with Crippen LogP contribution < -0.4 is 5.73 Å². The second kappa shape index (κ2) is 2.92. The number of anilines is 1. The summed E-state index contributed by atoms with van der Waals surface area (Å²) in [6.45, 7) is 4.18. The fourth-order valence-electron chi connectivity index (χ4n) is 1.18. The summed E-state index contributed by atoms with van der Waals surface area (Å²) in [4.78, 5) is 8.10. The summed E-state index contributed by atoms with van der Waals surface area (Å²) < 4.78 is 5.21. The van der Waals surface area contributed by atoms with Gasteiger partial charge in [-0.05, 0) is 17.5 Å². The molecular formula is C8H10N4S. The van der Waals surface area contributed by atoms with Crippen molar-refractivity contribution in [3.8, 4) is 0 Å². The molecule has 4 nitrogen and oxygen atoms in total. The van der Waals surface area contributed by atoms with Gasteiger partial charge in [-0.3, -0.25) is 0 Å². The van der Waals surface area contributed by atoms with Gasteiger partial charge in [0.2, 0.25) is 0 Å². The monoisotopic (exact) mass is 194 g/mol. The molecule has 2 heterocycles. The van der Waals surface area contributed by atoms with Gasteiger partial charge < -0.3 is 5.73 Å². The van der Waals surface area contributed by atoms with Crippen molar-refractivity contribution in [3.05, 3.63) is 12.0 Å². The molecule has 0 spiro atoms. The van der Waals surface area contributed by atoms with E-state index in [1.165, 1.54) is 17.9 Å². The summed E-state index contributed by atoms with van der Waals surface area (Å²) in [7, 11) is 0. The predicted octanol–water partition coefficient (Wildman–Crippen LogP) is 1.79. The van der Waals surface area contributed by atoms with Gasteiger partial charge in [0, 0.05) is 0 Å². The smallest absolute Gasteiger partial charge is 0.146 e. The number of nitrogens with two attached hydrogens (primary N) is 1. The Kier molecular flexibility index (Phi) is 1.88. The minimum Gasteiger partial charge on any atom is -0.382 e. The zero-order chi connectivity index (χ0) is 9.42. The van der Waals surface area contributed by atoms with Gasteiger partial charge in [-0.15, -0.1) is 0 Å². The number of rotatable bonds is 1. The molecule has 5 heteroatoms. The van der Waals surface area contributed by atoms with E-state index in [2.05, 4.69) is 28.2 Å². The second-order valence-electron chi connectivity index (χ2n) is 3.16. The van der Waals surface area contributed by atoms with E-state index in [0.717, 1.165) is 15.9 Å². The molecule has 0 saturated heterocycles. The van der Waals surface area contributed by atoms with Gasteiger partial charge in [-0.25, -0.2) is 9.97 Å². The molecule has 2 aromatic rings. The summed E-state index contributed by atoms with van der Waals surface area (Å²) in [5, 5.41) is 0. The molecule has 2 N–H and O–H groups in total. The highest BCUT2D eigenvalue weighted by molar-refractivity contribution is 7.14. The lowest BCUT2D eigenvalue weighted by molar-refractivity contribution is 0.846. The molecule has 0 unspecified atom stereocenters. The summed E-state index contributed by atoms with van der Waals surface area (Å²) in [6.07, 6.45) is 1.48. The minimum absolute atomic E-state index is 0.378. The van der Waals surface area contributed by atoms with Crippen molar-refractivity contribution in [1.29, 1.82) is 0 Å². The minimum atomic E-state index is 0.378. The van der Waals surface area contributed by atoms with Gasteiger partial charge >= 0.3 is 0 Å². The number of hydrogen-bond acceptors (Lipinski definition) is 5. The van der Waals surface area contributed by atoms with Crippen LogP contribution in [0.25, 0.3) is 10.2 Å². The quantitative estimate of drug-likeness (QED) is 0.751. The Morgan fingerprint density at radius 2 is 2.15 bits per heavy atom. The molecule has 0 fully saturated rings. The van der Waals surface area contributed by atoms with Crippen molar-refractivity contribution in [1.82, 2.24) is 14.3 Å². The molecule has 0 aliphatic carbocycles. The highest BCUT2D eigenvalue weighted by Crippen LogP contribution is 2.28. The largest absolute Gasteiger partial charge is 0.382 e. The Hall–Kier alpha value is -1.23. The Balaban J connectivity index is 2.75. The van der Waals surface area contributed by atoms with Gasteiger partial charge in [0.05, 0.1) is 5.69 Å². The standard InChI is InChI=1S/C8H10N4S/c1-4(2)5-6-7(13-12-5)8(9)11-3-10-6/h3-4H,1-2H3,(H2,9,10,11). The van der Waals surface area contributed by atoms with E-state index in [0.29, 0.717) is 11.7 Å². The average molecular weight is 194 g/mol. The maximum absolute atomic E-state index is 5.69. The summed E-state index contributed by atoms with van der Waals surface area (Å²) in [5.41, 5.74) is 7.59. The fourth-order valence-corrected chi connectivity index (χ4v) is 2.05. The van der Waals surface area contributed by atoms with Crippen molar-refractivity contribution >= 4 is 27.6 Å². The first-order valence-electron chi connectivity index (χ1n) is 4.06. The molecular weight excluding hydrogens is 184 g/mol. The lowest BCUT2D eigenvalue weighted by Gasteiger charge is -1.98. The SMILES string of the molecule is CC(C)c1nsc2c(N)ncnc12. The highest BCUT2D eigenvalue weighted by Gasteiger charge is 2.12. The van der Waals surface area contributed by atoms with Crippen molar-refractivity contribution in [3.63, 3.8) is 0 Å². The highest BCUT2D eigenvalue weighted by atomic mass is 32.1. The van der Waals surface area contributed by atoms with Crippen LogP contribution in [0.4, 0.5) is 5.82 Å². The van der Waals surface area contributed by atoms with Gasteiger partial charge in [-0.2, -0.15) is 4.37 Å². The van der Waals surface area contributed by atoms with E-state index in [9.17, 15) is 0 Å². The fraction of sp³-hybridized carbons (Fsp3) is 0.375. The van der Waals surface area contributed by atoms with Gasteiger partial charge in [0.1, 0.15) is 22.4 Å². The van der Waals surface area contributed by atoms with Crippen LogP contribution in [0.2, 0.25) is 0 Å². The Morgan fingerprint density at radius 1 is 1.38 bits per heavy atom. The van der Waals surface area contributed by atoms with Crippen molar-refractivity contribution in [2.45, 2.75) is 19.8 Å². The molecule has 0 amide bonds. The topological polar surface area (TPSA) is 64.7 Å². The number of hydrogen-bond donors (Lipinski definition) is 1. The van der Waals surface area contributed by atoms with Crippen LogP contribution in [0.15, 0.2) is 6.33 Å². The molecule has 0 aromatic carbocycles. The zero-order valence-electron chi connectivity index (χ0n) is 7.48. The van der Waals surface area contributed by atoms with Crippen molar-refractivity contribution in [2.75, 3.05) is 5.73 Å². The summed E-state index contributed by atoms with van der Waals surface area (Å²) in [6, 6.07) is 0. The third kappa shape index (κ3) is 1.25. The first-order valence-corrected chi connectivity index (χ1v) is 4.83. The predicted molar refractivity (Wildman–Crippen MR) is 53.7 cm³/mol. The number of nitrogen functional groups attached to an aromatic ring is 1. The maximum Gasteiger partial charge on any atom is 0.146 e. The Labute approximate surface area is 80.0 Å². The lowest BCUT2D eigenvalue weighted by atomic mass is 10.1. The number of fused-ring (bicyclic) bond motifs is 1. The maximum atomic E-state index is 5.69. The van der Waals surface area contributed by atoms with Crippen LogP contribution in [0.5, 0.6) is 0 Å². The van der Waals surface area contributed by atoms with E-state index < -0.39 is 0 Å². The molecule has 0 radical (unpaired) electrons. The van der Waals surface area contributed by atoms with E-state index in [-0.39, 0.29) is 0 Å². The van der Waals surface area contributed by atoms with Crippen LogP contribution in [0, 0.1) is 0 Å². The van der Waals surface area contributed by atoms with E-state index in [4.69, 9.17) is 5.73 Å². The molecule has 2 aromatic heterocycles. The van der Waals surface area contributed by atoms with Gasteiger partial charge in [-0.1, -0.05) is 13.8 Å². The molecule has 0 saturated carbocycles. The van der Waals surface area contributed by atoms with Crippen molar-refractivity contribution < 1.29 is 0 Å². The lowest BCUT2D eigenvalue weighted by Crippen LogP contribution is -1.93.